The minimum absolute atomic E-state index is 0.0889. The predicted molar refractivity (Wildman–Crippen MR) is 101 cm³/mol. The lowest BCUT2D eigenvalue weighted by Crippen LogP contribution is -2.24. The van der Waals surface area contributed by atoms with E-state index >= 15 is 0 Å². The maximum atomic E-state index is 11.5. The largest absolute Gasteiger partial charge is 0.316 e. The van der Waals surface area contributed by atoms with Gasteiger partial charge in [0.1, 0.15) is 0 Å². The van der Waals surface area contributed by atoms with Gasteiger partial charge in [0.2, 0.25) is 0 Å². The molecule has 0 radical (unpaired) electrons. The predicted octanol–water partition coefficient (Wildman–Crippen LogP) is 5.04. The molecule has 0 spiro atoms. The van der Waals surface area contributed by atoms with Gasteiger partial charge in [0.25, 0.3) is 0 Å². The van der Waals surface area contributed by atoms with E-state index in [0.717, 1.165) is 53.2 Å². The number of nitrogens with one attached hydrogen (secondary N) is 1. The molecule has 1 heterocycles. The number of Topliss-reactive ketones (excluding diaryl/α,β-unsaturated/α-hetero) is 1. The molecule has 0 aliphatic carbocycles. The fourth-order valence-electron chi connectivity index (χ4n) is 3.22. The zero-order chi connectivity index (χ0) is 17.1. The summed E-state index contributed by atoms with van der Waals surface area (Å²) >= 11 is 6.57. The molecule has 2 aromatic carbocycles. The van der Waals surface area contributed by atoms with Crippen molar-refractivity contribution in [3.63, 3.8) is 0 Å². The van der Waals surface area contributed by atoms with Crippen molar-refractivity contribution in [1.29, 1.82) is 0 Å². The maximum absolute atomic E-state index is 11.5. The summed E-state index contributed by atoms with van der Waals surface area (Å²) in [6.45, 7) is 5.63. The number of hydrogen-bond donors (Lipinski definition) is 1. The third-order valence-electron chi connectivity index (χ3n) is 4.53. The monoisotopic (exact) mass is 339 g/mol. The number of carbonyl (C=O) groups is 1. The summed E-state index contributed by atoms with van der Waals surface area (Å²) in [6, 6.07) is 14.1. The third-order valence-corrected chi connectivity index (χ3v) is 4.85. The summed E-state index contributed by atoms with van der Waals surface area (Å²) in [5, 5.41) is 4.19. The standard InChI is InChI=1S/C21H22ClNO/c1-14-3-8-19(20(22)13-14)21(18-9-11-23-12-10-18)17-6-4-16(5-7-17)15(2)24/h3-8,13,23H,9-12H2,1-2H3. The average molecular weight is 340 g/mol. The Kier molecular flexibility index (Phi) is 5.17. The van der Waals surface area contributed by atoms with Crippen molar-refractivity contribution in [2.24, 2.45) is 0 Å². The molecule has 0 aromatic heterocycles. The molecule has 2 aromatic rings. The number of aryl methyl sites for hydroxylation is 1. The maximum Gasteiger partial charge on any atom is 0.159 e. The number of hydrogen-bond acceptors (Lipinski definition) is 2. The second-order valence-electron chi connectivity index (χ2n) is 6.35. The molecule has 124 valence electrons. The molecule has 0 saturated carbocycles. The summed E-state index contributed by atoms with van der Waals surface area (Å²) in [6.07, 6.45) is 2.04. The van der Waals surface area contributed by atoms with Crippen LogP contribution < -0.4 is 5.32 Å². The van der Waals surface area contributed by atoms with Gasteiger partial charge in [-0.05, 0) is 62.5 Å². The van der Waals surface area contributed by atoms with E-state index < -0.39 is 0 Å². The zero-order valence-corrected chi connectivity index (χ0v) is 14.9. The molecule has 1 saturated heterocycles. The Balaban J connectivity index is 2.13. The molecular weight excluding hydrogens is 318 g/mol. The molecule has 1 aliphatic heterocycles. The summed E-state index contributed by atoms with van der Waals surface area (Å²) in [5.41, 5.74) is 6.75. The highest BCUT2D eigenvalue weighted by Crippen LogP contribution is 2.35. The normalized spacial score (nSPS) is 14.5. The molecular formula is C21H22ClNO. The van der Waals surface area contributed by atoms with Crippen LogP contribution in [-0.4, -0.2) is 18.9 Å². The molecule has 0 unspecified atom stereocenters. The van der Waals surface area contributed by atoms with Crippen molar-refractivity contribution in [3.8, 4) is 0 Å². The first-order chi connectivity index (χ1) is 11.6. The highest BCUT2D eigenvalue weighted by molar-refractivity contribution is 6.32. The Morgan fingerprint density at radius 3 is 2.21 bits per heavy atom. The second kappa shape index (κ2) is 7.33. The van der Waals surface area contributed by atoms with Gasteiger partial charge in [-0.25, -0.2) is 0 Å². The van der Waals surface area contributed by atoms with Gasteiger partial charge >= 0.3 is 0 Å². The van der Waals surface area contributed by atoms with Crippen LogP contribution in [0.3, 0.4) is 0 Å². The van der Waals surface area contributed by atoms with E-state index in [1.54, 1.807) is 6.92 Å². The van der Waals surface area contributed by atoms with Crippen molar-refractivity contribution < 1.29 is 4.79 Å². The Morgan fingerprint density at radius 2 is 1.62 bits per heavy atom. The smallest absolute Gasteiger partial charge is 0.159 e. The van der Waals surface area contributed by atoms with Crippen LogP contribution in [0.4, 0.5) is 0 Å². The van der Waals surface area contributed by atoms with Crippen molar-refractivity contribution in [1.82, 2.24) is 5.32 Å². The van der Waals surface area contributed by atoms with E-state index in [4.69, 9.17) is 11.6 Å². The lowest BCUT2D eigenvalue weighted by molar-refractivity contribution is 0.101. The van der Waals surface area contributed by atoms with Gasteiger partial charge in [0.15, 0.2) is 5.78 Å². The van der Waals surface area contributed by atoms with E-state index in [9.17, 15) is 4.79 Å². The summed E-state index contributed by atoms with van der Waals surface area (Å²) in [5.74, 6) is 0.0889. The number of benzene rings is 2. The lowest BCUT2D eigenvalue weighted by atomic mass is 9.88. The average Bonchev–Trinajstić information content (AvgIpc) is 2.58. The van der Waals surface area contributed by atoms with Crippen molar-refractivity contribution >= 4 is 23.0 Å². The second-order valence-corrected chi connectivity index (χ2v) is 6.75. The van der Waals surface area contributed by atoms with Crippen LogP contribution in [0, 0.1) is 6.92 Å². The highest BCUT2D eigenvalue weighted by atomic mass is 35.5. The van der Waals surface area contributed by atoms with Crippen LogP contribution in [0.2, 0.25) is 5.02 Å². The third kappa shape index (κ3) is 3.61. The molecule has 1 fully saturated rings. The van der Waals surface area contributed by atoms with Crippen LogP contribution in [0.1, 0.15) is 46.8 Å². The van der Waals surface area contributed by atoms with Gasteiger partial charge in [-0.2, -0.15) is 0 Å². The Hall–Kier alpha value is -1.90. The number of piperidine rings is 1. The van der Waals surface area contributed by atoms with Crippen molar-refractivity contribution in [3.05, 3.63) is 75.3 Å². The van der Waals surface area contributed by atoms with Crippen LogP contribution in [0.5, 0.6) is 0 Å². The Morgan fingerprint density at radius 1 is 1.00 bits per heavy atom. The first kappa shape index (κ1) is 16.9. The van der Waals surface area contributed by atoms with Gasteiger partial charge in [-0.3, -0.25) is 4.79 Å². The fourth-order valence-corrected chi connectivity index (χ4v) is 3.55. The van der Waals surface area contributed by atoms with Crippen LogP contribution in [-0.2, 0) is 0 Å². The molecule has 1 aliphatic rings. The SMILES string of the molecule is CC(=O)c1ccc(C(=C2CCNCC2)c2ccc(C)cc2Cl)cc1. The Bertz CT molecular complexity index is 782. The van der Waals surface area contributed by atoms with Crippen LogP contribution in [0.15, 0.2) is 48.0 Å². The van der Waals surface area contributed by atoms with E-state index in [1.807, 2.05) is 30.3 Å². The summed E-state index contributed by atoms with van der Waals surface area (Å²) < 4.78 is 0. The molecule has 24 heavy (non-hydrogen) atoms. The van der Waals surface area contributed by atoms with Gasteiger partial charge in [-0.1, -0.05) is 53.6 Å². The number of carbonyl (C=O) groups excluding carboxylic acids is 1. The molecule has 3 heteroatoms. The van der Waals surface area contributed by atoms with Crippen LogP contribution >= 0.6 is 11.6 Å². The fraction of sp³-hybridized carbons (Fsp3) is 0.286. The molecule has 1 N–H and O–H groups in total. The Labute approximate surface area is 148 Å². The lowest BCUT2D eigenvalue weighted by Gasteiger charge is -2.22. The minimum Gasteiger partial charge on any atom is -0.316 e. The van der Waals surface area contributed by atoms with Gasteiger partial charge in [0, 0.05) is 16.1 Å². The van der Waals surface area contributed by atoms with Crippen molar-refractivity contribution in [2.75, 3.05) is 13.1 Å². The number of rotatable bonds is 3. The zero-order valence-electron chi connectivity index (χ0n) is 14.2. The summed E-state index contributed by atoms with van der Waals surface area (Å²) in [7, 11) is 0. The van der Waals surface area contributed by atoms with Gasteiger partial charge in [0.05, 0.1) is 0 Å². The van der Waals surface area contributed by atoms with Crippen molar-refractivity contribution in [2.45, 2.75) is 26.7 Å². The minimum atomic E-state index is 0.0889. The molecule has 0 atom stereocenters. The van der Waals surface area contributed by atoms with Gasteiger partial charge < -0.3 is 5.32 Å². The molecule has 0 bridgehead atoms. The van der Waals surface area contributed by atoms with Gasteiger partial charge in [-0.15, -0.1) is 0 Å². The summed E-state index contributed by atoms with van der Waals surface area (Å²) in [4.78, 5) is 11.5. The van der Waals surface area contributed by atoms with E-state index in [2.05, 4.69) is 24.4 Å². The quantitative estimate of drug-likeness (QED) is 0.794. The first-order valence-corrected chi connectivity index (χ1v) is 8.74. The van der Waals surface area contributed by atoms with E-state index in [1.165, 1.54) is 11.1 Å². The molecule has 3 rings (SSSR count). The van der Waals surface area contributed by atoms with E-state index in [0.29, 0.717) is 0 Å². The first-order valence-electron chi connectivity index (χ1n) is 8.37. The molecule has 2 nitrogen and oxygen atoms in total. The highest BCUT2D eigenvalue weighted by Gasteiger charge is 2.17. The number of ketones is 1. The number of halogens is 1. The topological polar surface area (TPSA) is 29.1 Å². The van der Waals surface area contributed by atoms with E-state index in [-0.39, 0.29) is 5.78 Å². The molecule has 0 amide bonds. The van der Waals surface area contributed by atoms with Crippen LogP contribution in [0.25, 0.3) is 5.57 Å².